The molecule has 0 fully saturated rings. The fourth-order valence-corrected chi connectivity index (χ4v) is 1.41. The molecule has 0 saturated carbocycles. The van der Waals surface area contributed by atoms with Crippen molar-refractivity contribution in [1.82, 2.24) is 9.78 Å². The van der Waals surface area contributed by atoms with Crippen molar-refractivity contribution in [2.45, 2.75) is 6.54 Å². The van der Waals surface area contributed by atoms with E-state index in [1.807, 2.05) is 0 Å². The minimum absolute atomic E-state index is 0.312. The van der Waals surface area contributed by atoms with E-state index in [0.29, 0.717) is 17.1 Å². The molecule has 1 aromatic carbocycles. The van der Waals surface area contributed by atoms with E-state index in [2.05, 4.69) is 11.2 Å². The first-order valence-electron chi connectivity index (χ1n) is 4.09. The summed E-state index contributed by atoms with van der Waals surface area (Å²) in [6.07, 6.45) is 3.16. The second kappa shape index (κ2) is 3.80. The Morgan fingerprint density at radius 3 is 3.00 bits per heavy atom. The first kappa shape index (κ1) is 9.21. The number of hydrogen-bond donors (Lipinski definition) is 0. The van der Waals surface area contributed by atoms with Crippen LogP contribution in [0.4, 0.5) is 4.39 Å². The number of halogens is 2. The van der Waals surface area contributed by atoms with E-state index >= 15 is 0 Å². The van der Waals surface area contributed by atoms with Crippen LogP contribution in [0.1, 0.15) is 5.56 Å². The second-order valence-electron chi connectivity index (χ2n) is 2.84. The van der Waals surface area contributed by atoms with E-state index in [1.165, 1.54) is 12.3 Å². The predicted octanol–water partition coefficient (Wildman–Crippen LogP) is 2.52. The van der Waals surface area contributed by atoms with Crippen LogP contribution in [-0.4, -0.2) is 9.78 Å². The first-order chi connectivity index (χ1) is 6.77. The minimum atomic E-state index is -0.312. The highest BCUT2D eigenvalue weighted by Crippen LogP contribution is 2.19. The molecule has 0 bridgehead atoms. The van der Waals surface area contributed by atoms with Crippen molar-refractivity contribution in [2.24, 2.45) is 0 Å². The lowest BCUT2D eigenvalue weighted by molar-refractivity contribution is 0.585. The van der Waals surface area contributed by atoms with Crippen molar-refractivity contribution in [3.05, 3.63) is 53.1 Å². The summed E-state index contributed by atoms with van der Waals surface area (Å²) in [6.45, 7) is 0.328. The van der Waals surface area contributed by atoms with E-state index in [4.69, 9.17) is 11.6 Å². The van der Waals surface area contributed by atoms with Crippen LogP contribution in [0.15, 0.2) is 30.6 Å². The molecule has 2 rings (SSSR count). The number of aromatic nitrogens is 2. The zero-order chi connectivity index (χ0) is 9.97. The summed E-state index contributed by atoms with van der Waals surface area (Å²) in [5.41, 5.74) is 0.450. The van der Waals surface area contributed by atoms with Gasteiger partial charge in [-0.2, -0.15) is 5.10 Å². The van der Waals surface area contributed by atoms with Gasteiger partial charge in [0.2, 0.25) is 0 Å². The van der Waals surface area contributed by atoms with Crippen LogP contribution in [0.25, 0.3) is 0 Å². The molecule has 0 unspecified atom stereocenters. The molecule has 71 valence electrons. The molecule has 0 saturated heterocycles. The quantitative estimate of drug-likeness (QED) is 0.743. The largest absolute Gasteiger partial charge is 0.268 e. The highest BCUT2D eigenvalue weighted by Gasteiger charge is 2.06. The maximum Gasteiger partial charge on any atom is 0.129 e. The summed E-state index contributed by atoms with van der Waals surface area (Å²) in [6, 6.07) is 7.40. The Hall–Kier alpha value is -1.35. The number of nitrogens with zero attached hydrogens (tertiary/aromatic N) is 2. The van der Waals surface area contributed by atoms with E-state index in [9.17, 15) is 4.39 Å². The lowest BCUT2D eigenvalue weighted by atomic mass is 10.2. The van der Waals surface area contributed by atoms with Crippen molar-refractivity contribution in [2.75, 3.05) is 0 Å². The highest BCUT2D eigenvalue weighted by atomic mass is 35.5. The molecule has 0 aliphatic carbocycles. The average molecular weight is 210 g/mol. The minimum Gasteiger partial charge on any atom is -0.268 e. The zero-order valence-corrected chi connectivity index (χ0v) is 8.00. The summed E-state index contributed by atoms with van der Waals surface area (Å²) >= 11 is 5.86. The molecule has 2 aromatic rings. The van der Waals surface area contributed by atoms with Crippen LogP contribution in [0.3, 0.4) is 0 Å². The average Bonchev–Trinajstić information content (AvgIpc) is 2.64. The van der Waals surface area contributed by atoms with Gasteiger partial charge >= 0.3 is 0 Å². The molecule has 1 aromatic heterocycles. The summed E-state index contributed by atoms with van der Waals surface area (Å²) in [7, 11) is 0. The molecule has 0 aliphatic rings. The number of hydrogen-bond acceptors (Lipinski definition) is 1. The van der Waals surface area contributed by atoms with Crippen LogP contribution in [-0.2, 0) is 6.54 Å². The van der Waals surface area contributed by atoms with Gasteiger partial charge in [-0.15, -0.1) is 0 Å². The summed E-state index contributed by atoms with van der Waals surface area (Å²) in [4.78, 5) is 0. The van der Waals surface area contributed by atoms with Crippen LogP contribution >= 0.6 is 11.6 Å². The molecule has 1 radical (unpaired) electrons. The van der Waals surface area contributed by atoms with Gasteiger partial charge in [-0.1, -0.05) is 17.7 Å². The smallest absolute Gasteiger partial charge is 0.129 e. The van der Waals surface area contributed by atoms with Gasteiger partial charge in [0.1, 0.15) is 5.82 Å². The third-order valence-corrected chi connectivity index (χ3v) is 2.24. The summed E-state index contributed by atoms with van der Waals surface area (Å²) in [5.74, 6) is -0.312. The SMILES string of the molecule is Fc1cccc(Cl)c1Cn1c[c]cn1. The van der Waals surface area contributed by atoms with Crippen LogP contribution in [0.2, 0.25) is 5.02 Å². The molecule has 4 heteroatoms. The van der Waals surface area contributed by atoms with Crippen molar-refractivity contribution < 1.29 is 4.39 Å². The summed E-state index contributed by atoms with van der Waals surface area (Å²) < 4.78 is 14.9. The van der Waals surface area contributed by atoms with Gasteiger partial charge in [0.25, 0.3) is 0 Å². The van der Waals surface area contributed by atoms with E-state index in [-0.39, 0.29) is 5.82 Å². The van der Waals surface area contributed by atoms with E-state index in [0.717, 1.165) is 0 Å². The molecular formula is C10H7ClFN2. The highest BCUT2D eigenvalue weighted by molar-refractivity contribution is 6.31. The molecule has 0 aliphatic heterocycles. The molecule has 0 N–H and O–H groups in total. The lowest BCUT2D eigenvalue weighted by Gasteiger charge is -2.05. The number of rotatable bonds is 2. The van der Waals surface area contributed by atoms with Crippen molar-refractivity contribution >= 4 is 11.6 Å². The molecular weight excluding hydrogens is 203 g/mol. The molecule has 1 heterocycles. The monoisotopic (exact) mass is 209 g/mol. The van der Waals surface area contributed by atoms with Crippen molar-refractivity contribution in [1.29, 1.82) is 0 Å². The Labute approximate surface area is 85.9 Å². The Bertz CT molecular complexity index is 405. The van der Waals surface area contributed by atoms with Gasteiger partial charge in [-0.05, 0) is 12.1 Å². The fraction of sp³-hybridized carbons (Fsp3) is 0.100. The third kappa shape index (κ3) is 1.77. The van der Waals surface area contributed by atoms with Gasteiger partial charge in [-0.3, -0.25) is 4.68 Å². The fourth-order valence-electron chi connectivity index (χ4n) is 1.19. The van der Waals surface area contributed by atoms with Crippen LogP contribution in [0.5, 0.6) is 0 Å². The topological polar surface area (TPSA) is 17.8 Å². The number of benzene rings is 1. The third-order valence-electron chi connectivity index (χ3n) is 1.89. The van der Waals surface area contributed by atoms with Gasteiger partial charge in [0, 0.05) is 22.8 Å². The molecule has 0 atom stereocenters. The zero-order valence-electron chi connectivity index (χ0n) is 7.24. The van der Waals surface area contributed by atoms with Crippen molar-refractivity contribution in [3.63, 3.8) is 0 Å². The van der Waals surface area contributed by atoms with Gasteiger partial charge in [-0.25, -0.2) is 4.39 Å². The van der Waals surface area contributed by atoms with E-state index in [1.54, 1.807) is 23.0 Å². The molecule has 14 heavy (non-hydrogen) atoms. The molecule has 2 nitrogen and oxygen atoms in total. The van der Waals surface area contributed by atoms with Crippen LogP contribution in [0, 0.1) is 11.9 Å². The Morgan fingerprint density at radius 2 is 2.36 bits per heavy atom. The Kier molecular flexibility index (Phi) is 2.50. The maximum absolute atomic E-state index is 13.3. The second-order valence-corrected chi connectivity index (χ2v) is 3.25. The maximum atomic E-state index is 13.3. The predicted molar refractivity (Wildman–Crippen MR) is 51.6 cm³/mol. The Morgan fingerprint density at radius 1 is 1.50 bits per heavy atom. The standard InChI is InChI=1S/C10H7ClFN2/c11-9-3-1-4-10(12)8(9)7-14-6-2-5-13-14/h1,3-6H,7H2. The Balaban J connectivity index is 2.33. The van der Waals surface area contributed by atoms with Gasteiger partial charge in [0.15, 0.2) is 0 Å². The van der Waals surface area contributed by atoms with Crippen molar-refractivity contribution in [3.8, 4) is 0 Å². The normalized spacial score (nSPS) is 10.4. The van der Waals surface area contributed by atoms with Gasteiger partial charge < -0.3 is 0 Å². The van der Waals surface area contributed by atoms with Gasteiger partial charge in [0.05, 0.1) is 12.7 Å². The lowest BCUT2D eigenvalue weighted by Crippen LogP contribution is -2.02. The van der Waals surface area contributed by atoms with E-state index < -0.39 is 0 Å². The summed E-state index contributed by atoms with van der Waals surface area (Å²) in [5, 5.41) is 4.35. The first-order valence-corrected chi connectivity index (χ1v) is 4.46. The van der Waals surface area contributed by atoms with Crippen LogP contribution < -0.4 is 0 Å². The molecule has 0 amide bonds. The molecule has 0 spiro atoms.